The number of carboxylic acids is 1. The maximum atomic E-state index is 12.5. The van der Waals surface area contributed by atoms with Gasteiger partial charge in [0, 0.05) is 19.6 Å². The van der Waals surface area contributed by atoms with Crippen LogP contribution in [0, 0.1) is 5.92 Å². The van der Waals surface area contributed by atoms with Crippen molar-refractivity contribution in [1.29, 1.82) is 0 Å². The number of amides is 3. The molecule has 2 atom stereocenters. The van der Waals surface area contributed by atoms with Crippen molar-refractivity contribution in [3.8, 4) is 0 Å². The van der Waals surface area contributed by atoms with Crippen LogP contribution in [0.5, 0.6) is 0 Å². The molecule has 3 amide bonds. The number of rotatable bonds is 2. The van der Waals surface area contributed by atoms with E-state index in [0.29, 0.717) is 26.0 Å². The molecule has 20 heavy (non-hydrogen) atoms. The Morgan fingerprint density at radius 2 is 2.00 bits per heavy atom. The number of carbonyl (C=O) groups is 3. The Morgan fingerprint density at radius 3 is 2.65 bits per heavy atom. The van der Waals surface area contributed by atoms with Crippen LogP contribution < -0.4 is 5.73 Å². The fourth-order valence-corrected chi connectivity index (χ4v) is 2.69. The Hall–Kier alpha value is -1.83. The van der Waals surface area contributed by atoms with Crippen molar-refractivity contribution in [3.63, 3.8) is 0 Å². The third-order valence-corrected chi connectivity index (χ3v) is 3.78. The summed E-state index contributed by atoms with van der Waals surface area (Å²) in [5.74, 6) is -1.68. The summed E-state index contributed by atoms with van der Waals surface area (Å²) in [5, 5.41) is 9.14. The van der Waals surface area contributed by atoms with Crippen LogP contribution in [0.25, 0.3) is 0 Å². The van der Waals surface area contributed by atoms with Crippen LogP contribution >= 0.6 is 0 Å². The largest absolute Gasteiger partial charge is 0.480 e. The number of morpholine rings is 1. The molecule has 8 heteroatoms. The number of likely N-dealkylation sites (tertiary alicyclic amines) is 1. The fourth-order valence-electron chi connectivity index (χ4n) is 2.69. The fraction of sp³-hybridized carbons (Fsp3) is 0.750. The van der Waals surface area contributed by atoms with E-state index >= 15 is 0 Å². The molecule has 0 saturated carbocycles. The monoisotopic (exact) mass is 285 g/mol. The van der Waals surface area contributed by atoms with Crippen molar-refractivity contribution in [2.45, 2.75) is 18.9 Å². The van der Waals surface area contributed by atoms with Crippen molar-refractivity contribution >= 4 is 17.9 Å². The molecule has 0 spiro atoms. The highest BCUT2D eigenvalue weighted by molar-refractivity contribution is 5.86. The number of nitrogens with two attached hydrogens (primary N) is 1. The molecule has 0 aliphatic carbocycles. The van der Waals surface area contributed by atoms with E-state index in [1.54, 1.807) is 0 Å². The minimum absolute atomic E-state index is 0.00727. The van der Waals surface area contributed by atoms with Gasteiger partial charge in [-0.2, -0.15) is 0 Å². The van der Waals surface area contributed by atoms with Crippen molar-refractivity contribution in [2.24, 2.45) is 11.7 Å². The zero-order valence-electron chi connectivity index (χ0n) is 11.2. The lowest BCUT2D eigenvalue weighted by molar-refractivity contribution is -0.161. The second-order valence-electron chi connectivity index (χ2n) is 5.08. The Balaban J connectivity index is 2.05. The minimum atomic E-state index is -1.07. The number of piperidine rings is 1. The smallest absolute Gasteiger partial charge is 0.328 e. The predicted octanol–water partition coefficient (Wildman–Crippen LogP) is -0.911. The average Bonchev–Trinajstić information content (AvgIpc) is 2.46. The van der Waals surface area contributed by atoms with E-state index in [-0.39, 0.29) is 31.5 Å². The predicted molar refractivity (Wildman–Crippen MR) is 67.8 cm³/mol. The van der Waals surface area contributed by atoms with E-state index < -0.39 is 18.0 Å². The molecule has 2 aliphatic rings. The van der Waals surface area contributed by atoms with Gasteiger partial charge in [0.2, 0.25) is 5.91 Å². The molecule has 0 aromatic rings. The van der Waals surface area contributed by atoms with Crippen molar-refractivity contribution in [2.75, 3.05) is 32.8 Å². The SMILES string of the molecule is NC(=O)N1CCCC(C(=O)N2CCOCC2C(=O)O)C1. The molecule has 3 N–H and O–H groups in total. The third-order valence-electron chi connectivity index (χ3n) is 3.78. The number of carbonyl (C=O) groups excluding carboxylic acids is 2. The molecule has 0 radical (unpaired) electrons. The highest BCUT2D eigenvalue weighted by atomic mass is 16.5. The van der Waals surface area contributed by atoms with Crippen LogP contribution in [0.1, 0.15) is 12.8 Å². The number of primary amides is 1. The Bertz CT molecular complexity index is 414. The summed E-state index contributed by atoms with van der Waals surface area (Å²) in [5.41, 5.74) is 5.23. The van der Waals surface area contributed by atoms with Crippen LogP contribution in [0.2, 0.25) is 0 Å². The van der Waals surface area contributed by atoms with Gasteiger partial charge < -0.3 is 25.4 Å². The average molecular weight is 285 g/mol. The first kappa shape index (κ1) is 14.6. The first-order valence-electron chi connectivity index (χ1n) is 6.66. The summed E-state index contributed by atoms with van der Waals surface area (Å²) < 4.78 is 5.11. The van der Waals surface area contributed by atoms with Gasteiger partial charge in [-0.25, -0.2) is 9.59 Å². The Kier molecular flexibility index (Phi) is 4.43. The summed E-state index contributed by atoms with van der Waals surface area (Å²) in [4.78, 5) is 37.6. The van der Waals surface area contributed by atoms with Crippen molar-refractivity contribution in [3.05, 3.63) is 0 Å². The molecular formula is C12H19N3O5. The number of nitrogens with zero attached hydrogens (tertiary/aromatic N) is 2. The third kappa shape index (κ3) is 3.01. The second-order valence-corrected chi connectivity index (χ2v) is 5.08. The highest BCUT2D eigenvalue weighted by Crippen LogP contribution is 2.21. The van der Waals surface area contributed by atoms with Gasteiger partial charge in [-0.05, 0) is 12.8 Å². The molecule has 2 saturated heterocycles. The van der Waals surface area contributed by atoms with Crippen LogP contribution in [0.15, 0.2) is 0 Å². The molecule has 2 unspecified atom stereocenters. The lowest BCUT2D eigenvalue weighted by Crippen LogP contribution is -2.56. The van der Waals surface area contributed by atoms with Crippen molar-refractivity contribution in [1.82, 2.24) is 9.80 Å². The second kappa shape index (κ2) is 6.08. The van der Waals surface area contributed by atoms with Gasteiger partial charge in [-0.3, -0.25) is 4.79 Å². The molecule has 0 bridgehead atoms. The molecule has 8 nitrogen and oxygen atoms in total. The molecule has 2 aliphatic heterocycles. The standard InChI is InChI=1S/C12H19N3O5/c13-12(19)14-3-1-2-8(6-14)10(16)15-4-5-20-7-9(15)11(17)18/h8-9H,1-7H2,(H2,13,19)(H,17,18). The summed E-state index contributed by atoms with van der Waals surface area (Å²) in [6.45, 7) is 1.42. The summed E-state index contributed by atoms with van der Waals surface area (Å²) in [7, 11) is 0. The van der Waals surface area contributed by atoms with Gasteiger partial charge >= 0.3 is 12.0 Å². The first-order chi connectivity index (χ1) is 9.50. The van der Waals surface area contributed by atoms with Gasteiger partial charge in [0.1, 0.15) is 0 Å². The number of hydrogen-bond donors (Lipinski definition) is 2. The minimum Gasteiger partial charge on any atom is -0.480 e. The van der Waals surface area contributed by atoms with Crippen LogP contribution in [-0.2, 0) is 14.3 Å². The molecule has 2 rings (SSSR count). The lowest BCUT2D eigenvalue weighted by atomic mass is 9.96. The number of carboxylic acid groups (broad SMARTS) is 1. The van der Waals surface area contributed by atoms with Gasteiger partial charge in [-0.1, -0.05) is 0 Å². The summed E-state index contributed by atoms with van der Waals surface area (Å²) in [6.07, 6.45) is 1.34. The molecule has 0 aromatic carbocycles. The number of ether oxygens (including phenoxy) is 1. The van der Waals surface area contributed by atoms with Crippen LogP contribution in [0.4, 0.5) is 4.79 Å². The van der Waals surface area contributed by atoms with E-state index in [1.165, 1.54) is 9.80 Å². The number of urea groups is 1. The molecule has 2 fully saturated rings. The van der Waals surface area contributed by atoms with Gasteiger partial charge in [0.05, 0.1) is 19.1 Å². The molecule has 112 valence electrons. The van der Waals surface area contributed by atoms with E-state index in [9.17, 15) is 14.4 Å². The topological polar surface area (TPSA) is 113 Å². The van der Waals surface area contributed by atoms with Gasteiger partial charge in [-0.15, -0.1) is 0 Å². The first-order valence-corrected chi connectivity index (χ1v) is 6.66. The number of aliphatic carboxylic acids is 1. The van der Waals surface area contributed by atoms with E-state index in [0.717, 1.165) is 0 Å². The van der Waals surface area contributed by atoms with E-state index in [4.69, 9.17) is 15.6 Å². The highest BCUT2D eigenvalue weighted by Gasteiger charge is 2.37. The van der Waals surface area contributed by atoms with Gasteiger partial charge in [0.15, 0.2) is 6.04 Å². The van der Waals surface area contributed by atoms with Crippen LogP contribution in [0.3, 0.4) is 0 Å². The van der Waals surface area contributed by atoms with Crippen molar-refractivity contribution < 1.29 is 24.2 Å². The molecular weight excluding hydrogens is 266 g/mol. The maximum absolute atomic E-state index is 12.5. The van der Waals surface area contributed by atoms with Crippen LogP contribution in [-0.4, -0.2) is 71.7 Å². The zero-order chi connectivity index (χ0) is 14.7. The maximum Gasteiger partial charge on any atom is 0.328 e. The Labute approximate surface area is 116 Å². The molecule has 2 heterocycles. The quantitative estimate of drug-likeness (QED) is 0.682. The summed E-state index contributed by atoms with van der Waals surface area (Å²) >= 11 is 0. The zero-order valence-corrected chi connectivity index (χ0v) is 11.2. The normalized spacial score (nSPS) is 27.2. The summed E-state index contributed by atoms with van der Waals surface area (Å²) in [6, 6.07) is -1.49. The Morgan fingerprint density at radius 1 is 1.25 bits per heavy atom. The van der Waals surface area contributed by atoms with E-state index in [2.05, 4.69) is 0 Å². The van der Waals surface area contributed by atoms with E-state index in [1.807, 2.05) is 0 Å². The van der Waals surface area contributed by atoms with Gasteiger partial charge in [0.25, 0.3) is 0 Å². The molecule has 0 aromatic heterocycles. The lowest BCUT2D eigenvalue weighted by Gasteiger charge is -2.38. The number of hydrogen-bond acceptors (Lipinski definition) is 4.